The summed E-state index contributed by atoms with van der Waals surface area (Å²) in [6, 6.07) is 1.82. The Kier molecular flexibility index (Phi) is 4.10. The monoisotopic (exact) mass is 335 g/mol. The number of carbonyl (C=O) groups is 1. The molecule has 120 valence electrons. The number of nitrogens with one attached hydrogen (secondary N) is 1. The van der Waals surface area contributed by atoms with Gasteiger partial charge < -0.3 is 8.83 Å². The van der Waals surface area contributed by atoms with Crippen molar-refractivity contribution in [3.8, 4) is 11.5 Å². The van der Waals surface area contributed by atoms with Gasteiger partial charge in [0.25, 0.3) is 5.89 Å². The van der Waals surface area contributed by atoms with Gasteiger partial charge in [-0.1, -0.05) is 16.9 Å². The molecule has 3 rings (SSSR count). The largest absolute Gasteiger partial charge is 0.466 e. The first-order valence-corrected chi connectivity index (χ1v) is 7.57. The van der Waals surface area contributed by atoms with Crippen molar-refractivity contribution in [3.63, 3.8) is 0 Å². The van der Waals surface area contributed by atoms with Gasteiger partial charge in [0, 0.05) is 7.05 Å². The molecule has 0 bridgehead atoms. The fourth-order valence-corrected chi connectivity index (χ4v) is 2.50. The molecular weight excluding hydrogens is 322 g/mol. The molecule has 0 aromatic carbocycles. The lowest BCUT2D eigenvalue weighted by molar-refractivity contribution is -0.113. The number of amides is 1. The van der Waals surface area contributed by atoms with E-state index in [0.717, 1.165) is 5.76 Å². The molecule has 0 atom stereocenters. The van der Waals surface area contributed by atoms with Gasteiger partial charge in [0.15, 0.2) is 0 Å². The molecule has 0 radical (unpaired) electrons. The summed E-state index contributed by atoms with van der Waals surface area (Å²) in [4.78, 5) is 11.9. The van der Waals surface area contributed by atoms with Crippen LogP contribution in [0, 0.1) is 13.8 Å². The Labute approximate surface area is 134 Å². The molecule has 0 aliphatic rings. The number of aromatic nitrogens is 6. The summed E-state index contributed by atoms with van der Waals surface area (Å²) in [5.41, 5.74) is 0.704. The van der Waals surface area contributed by atoms with E-state index >= 15 is 0 Å². The molecule has 0 unspecified atom stereocenters. The standard InChI is InChI=1S/C12H13N7O3S/c1-6-4-8(7(2)21-6)10-14-15-11(22-10)13-9(20)5-23-12-16-17-18-19(12)3/h4H,5H2,1-3H3,(H,13,15,20). The zero-order chi connectivity index (χ0) is 16.4. The van der Waals surface area contributed by atoms with Crippen LogP contribution in [0.5, 0.6) is 0 Å². The lowest BCUT2D eigenvalue weighted by atomic mass is 10.2. The third-order valence-corrected chi connectivity index (χ3v) is 3.87. The maximum Gasteiger partial charge on any atom is 0.322 e. The Morgan fingerprint density at radius 2 is 2.13 bits per heavy atom. The molecule has 10 nitrogen and oxygen atoms in total. The molecule has 3 aromatic rings. The lowest BCUT2D eigenvalue weighted by Crippen LogP contribution is -2.14. The number of aryl methyl sites for hydroxylation is 3. The number of hydrogen-bond acceptors (Lipinski definition) is 9. The van der Waals surface area contributed by atoms with Crippen LogP contribution in [0.3, 0.4) is 0 Å². The van der Waals surface area contributed by atoms with Crippen LogP contribution in [0.1, 0.15) is 11.5 Å². The van der Waals surface area contributed by atoms with Gasteiger partial charge in [-0.15, -0.1) is 10.2 Å². The highest BCUT2D eigenvalue weighted by atomic mass is 32.2. The molecule has 0 aliphatic heterocycles. The van der Waals surface area contributed by atoms with Gasteiger partial charge >= 0.3 is 6.01 Å². The average molecular weight is 335 g/mol. The molecule has 3 aromatic heterocycles. The molecule has 3 heterocycles. The zero-order valence-electron chi connectivity index (χ0n) is 12.6. The lowest BCUT2D eigenvalue weighted by Gasteiger charge is -1.99. The van der Waals surface area contributed by atoms with Crippen LogP contribution in [-0.2, 0) is 11.8 Å². The second-order valence-electron chi connectivity index (χ2n) is 4.66. The molecule has 0 saturated heterocycles. The van der Waals surface area contributed by atoms with Crippen molar-refractivity contribution in [2.75, 3.05) is 11.1 Å². The molecule has 1 N–H and O–H groups in total. The Bertz CT molecular complexity index is 837. The summed E-state index contributed by atoms with van der Waals surface area (Å²) in [6.45, 7) is 3.63. The fourth-order valence-electron chi connectivity index (χ4n) is 1.85. The number of rotatable bonds is 5. The molecule has 11 heteroatoms. The van der Waals surface area contributed by atoms with Gasteiger partial charge in [-0.2, -0.15) is 0 Å². The van der Waals surface area contributed by atoms with E-state index in [1.807, 2.05) is 6.92 Å². The van der Waals surface area contributed by atoms with E-state index in [1.54, 1.807) is 20.0 Å². The minimum Gasteiger partial charge on any atom is -0.466 e. The molecule has 0 aliphatic carbocycles. The molecule has 0 spiro atoms. The maximum absolute atomic E-state index is 11.9. The van der Waals surface area contributed by atoms with E-state index < -0.39 is 0 Å². The first-order valence-electron chi connectivity index (χ1n) is 6.59. The predicted molar refractivity (Wildman–Crippen MR) is 79.6 cm³/mol. The maximum atomic E-state index is 11.9. The van der Waals surface area contributed by atoms with Crippen LogP contribution in [0.4, 0.5) is 6.01 Å². The van der Waals surface area contributed by atoms with E-state index in [1.165, 1.54) is 16.4 Å². The van der Waals surface area contributed by atoms with Gasteiger partial charge in [0.1, 0.15) is 11.5 Å². The zero-order valence-corrected chi connectivity index (χ0v) is 13.4. The van der Waals surface area contributed by atoms with Crippen LogP contribution in [0.25, 0.3) is 11.5 Å². The van der Waals surface area contributed by atoms with Crippen molar-refractivity contribution in [2.24, 2.45) is 7.05 Å². The van der Waals surface area contributed by atoms with Crippen LogP contribution >= 0.6 is 11.8 Å². The third-order valence-electron chi connectivity index (χ3n) is 2.86. The highest BCUT2D eigenvalue weighted by Gasteiger charge is 2.16. The van der Waals surface area contributed by atoms with Gasteiger partial charge in [-0.05, 0) is 30.3 Å². The normalized spacial score (nSPS) is 10.9. The smallest absolute Gasteiger partial charge is 0.322 e. The number of thioether (sulfide) groups is 1. The fraction of sp³-hybridized carbons (Fsp3) is 0.333. The van der Waals surface area contributed by atoms with Gasteiger partial charge in [0.2, 0.25) is 11.1 Å². The van der Waals surface area contributed by atoms with E-state index in [9.17, 15) is 4.79 Å². The quantitative estimate of drug-likeness (QED) is 0.684. The van der Waals surface area contributed by atoms with Crippen LogP contribution < -0.4 is 5.32 Å². The summed E-state index contributed by atoms with van der Waals surface area (Å²) >= 11 is 1.20. The first-order chi connectivity index (χ1) is 11.0. The molecule has 23 heavy (non-hydrogen) atoms. The minimum absolute atomic E-state index is 0.0277. The second-order valence-corrected chi connectivity index (χ2v) is 5.60. The van der Waals surface area contributed by atoms with Crippen molar-refractivity contribution in [3.05, 3.63) is 17.6 Å². The van der Waals surface area contributed by atoms with Crippen molar-refractivity contribution in [1.29, 1.82) is 0 Å². The van der Waals surface area contributed by atoms with E-state index in [4.69, 9.17) is 8.83 Å². The average Bonchev–Trinajstić information content (AvgIpc) is 3.18. The van der Waals surface area contributed by atoms with Crippen molar-refractivity contribution in [2.45, 2.75) is 19.0 Å². The first kappa shape index (κ1) is 15.2. The number of furan rings is 1. The summed E-state index contributed by atoms with van der Waals surface area (Å²) in [5.74, 6) is 1.54. The van der Waals surface area contributed by atoms with E-state index in [2.05, 4.69) is 31.0 Å². The molecule has 0 fully saturated rings. The summed E-state index contributed by atoms with van der Waals surface area (Å²) in [6.07, 6.45) is 0. The number of carbonyl (C=O) groups excluding carboxylic acids is 1. The summed E-state index contributed by atoms with van der Waals surface area (Å²) in [7, 11) is 1.69. The minimum atomic E-state index is -0.298. The number of anilines is 1. The third kappa shape index (κ3) is 3.39. The molecule has 1 amide bonds. The van der Waals surface area contributed by atoms with Crippen LogP contribution in [0.2, 0.25) is 0 Å². The Morgan fingerprint density at radius 1 is 1.30 bits per heavy atom. The second kappa shape index (κ2) is 6.20. The van der Waals surface area contributed by atoms with Gasteiger partial charge in [-0.25, -0.2) is 4.68 Å². The number of nitrogens with zero attached hydrogens (tertiary/aromatic N) is 6. The highest BCUT2D eigenvalue weighted by molar-refractivity contribution is 7.99. The molecule has 0 saturated carbocycles. The van der Waals surface area contributed by atoms with Crippen LogP contribution in [-0.4, -0.2) is 42.1 Å². The van der Waals surface area contributed by atoms with Gasteiger partial charge in [0.05, 0.1) is 11.3 Å². The summed E-state index contributed by atoms with van der Waals surface area (Å²) < 4.78 is 12.3. The number of tetrazole rings is 1. The van der Waals surface area contributed by atoms with E-state index in [-0.39, 0.29) is 17.7 Å². The topological polar surface area (TPSA) is 125 Å². The predicted octanol–water partition coefficient (Wildman–Crippen LogP) is 1.20. The van der Waals surface area contributed by atoms with Crippen molar-refractivity contribution >= 4 is 23.7 Å². The van der Waals surface area contributed by atoms with Crippen molar-refractivity contribution < 1.29 is 13.6 Å². The van der Waals surface area contributed by atoms with E-state index in [0.29, 0.717) is 22.4 Å². The number of hydrogen-bond donors (Lipinski definition) is 1. The molecular formula is C12H13N7O3S. The van der Waals surface area contributed by atoms with Crippen molar-refractivity contribution in [1.82, 2.24) is 30.4 Å². The van der Waals surface area contributed by atoms with Crippen LogP contribution in [0.15, 0.2) is 20.1 Å². The highest BCUT2D eigenvalue weighted by Crippen LogP contribution is 2.26. The van der Waals surface area contributed by atoms with Gasteiger partial charge in [-0.3, -0.25) is 10.1 Å². The Morgan fingerprint density at radius 3 is 2.78 bits per heavy atom. The SMILES string of the molecule is Cc1cc(-c2nnc(NC(=O)CSc3nnnn3C)o2)c(C)o1. The summed E-state index contributed by atoms with van der Waals surface area (Å²) in [5, 5.41) is 21.7. The Balaban J connectivity index is 1.61. The Hall–Kier alpha value is -2.69.